The lowest BCUT2D eigenvalue weighted by Crippen LogP contribution is -2.03. The highest BCUT2D eigenvalue weighted by molar-refractivity contribution is 6.30. The molecule has 0 saturated heterocycles. The number of nitrogens with zero attached hydrogens (tertiary/aromatic N) is 1. The summed E-state index contributed by atoms with van der Waals surface area (Å²) in [5, 5.41) is 3.58. The lowest BCUT2D eigenvalue weighted by molar-refractivity contribution is 0.518. The average Bonchev–Trinajstić information content (AvgIpc) is 2.69. The zero-order valence-corrected chi connectivity index (χ0v) is 8.66. The van der Waals surface area contributed by atoms with Gasteiger partial charge in [-0.1, -0.05) is 11.6 Å². The quantitative estimate of drug-likeness (QED) is 0.839. The van der Waals surface area contributed by atoms with E-state index in [2.05, 4.69) is 10.3 Å². The Morgan fingerprint density at radius 1 is 1.53 bits per heavy atom. The summed E-state index contributed by atoms with van der Waals surface area (Å²) in [6.45, 7) is 0.547. The van der Waals surface area contributed by atoms with E-state index in [-0.39, 0.29) is 0 Å². The third kappa shape index (κ3) is 2.41. The zero-order valence-electron chi connectivity index (χ0n) is 7.90. The monoisotopic (exact) mass is 223 g/mol. The Kier molecular flexibility index (Phi) is 2.78. The maximum Gasteiger partial charge on any atom is 0.149 e. The molecule has 2 aromatic heterocycles. The summed E-state index contributed by atoms with van der Waals surface area (Å²) < 4.78 is 5.16. The van der Waals surface area contributed by atoms with Crippen molar-refractivity contribution >= 4 is 23.1 Å². The molecular weight excluding hydrogens is 214 g/mol. The van der Waals surface area contributed by atoms with Crippen molar-refractivity contribution in [2.45, 2.75) is 6.54 Å². The molecule has 2 heterocycles. The number of halogens is 1. The fourth-order valence-corrected chi connectivity index (χ4v) is 1.35. The number of furan rings is 1. The summed E-state index contributed by atoms with van der Waals surface area (Å²) in [5.74, 6) is 1.43. The first-order valence-corrected chi connectivity index (χ1v) is 4.81. The van der Waals surface area contributed by atoms with Crippen molar-refractivity contribution in [3.8, 4) is 0 Å². The smallest absolute Gasteiger partial charge is 0.149 e. The Morgan fingerprint density at radius 2 is 2.40 bits per heavy atom. The van der Waals surface area contributed by atoms with Gasteiger partial charge in [-0.05, 0) is 18.2 Å². The first-order chi connectivity index (χ1) is 7.25. The Hall–Kier alpha value is -1.68. The Morgan fingerprint density at radius 3 is 3.07 bits per heavy atom. The average molecular weight is 224 g/mol. The summed E-state index contributed by atoms with van der Waals surface area (Å²) in [4.78, 5) is 4.07. The molecule has 0 aliphatic rings. The minimum atomic E-state index is 0.522. The summed E-state index contributed by atoms with van der Waals surface area (Å²) in [7, 11) is 0. The van der Waals surface area contributed by atoms with Crippen LogP contribution in [0, 0.1) is 0 Å². The second kappa shape index (κ2) is 4.23. The molecule has 4 nitrogen and oxygen atoms in total. The molecule has 0 unspecified atom stereocenters. The normalized spacial score (nSPS) is 10.2. The Bertz CT molecular complexity index is 442. The molecule has 78 valence electrons. The lowest BCUT2D eigenvalue weighted by atomic mass is 10.4. The minimum Gasteiger partial charge on any atom is -0.467 e. The van der Waals surface area contributed by atoms with Crippen molar-refractivity contribution in [2.24, 2.45) is 0 Å². The van der Waals surface area contributed by atoms with Gasteiger partial charge >= 0.3 is 0 Å². The number of nitrogen functional groups attached to an aromatic ring is 1. The molecule has 0 saturated carbocycles. The van der Waals surface area contributed by atoms with Crippen LogP contribution in [0.25, 0.3) is 0 Å². The Balaban J connectivity index is 2.05. The molecule has 0 radical (unpaired) electrons. The van der Waals surface area contributed by atoms with E-state index in [0.29, 0.717) is 23.1 Å². The highest BCUT2D eigenvalue weighted by atomic mass is 35.5. The number of pyridine rings is 1. The predicted molar refractivity (Wildman–Crippen MR) is 59.7 cm³/mol. The van der Waals surface area contributed by atoms with Gasteiger partial charge in [0.05, 0.1) is 23.5 Å². The van der Waals surface area contributed by atoms with Gasteiger partial charge in [-0.25, -0.2) is 4.98 Å². The third-order valence-corrected chi connectivity index (χ3v) is 2.10. The largest absolute Gasteiger partial charge is 0.467 e. The van der Waals surface area contributed by atoms with Gasteiger partial charge in [0, 0.05) is 6.20 Å². The van der Waals surface area contributed by atoms with Crippen LogP contribution in [0.1, 0.15) is 5.76 Å². The van der Waals surface area contributed by atoms with Gasteiger partial charge in [0.2, 0.25) is 0 Å². The van der Waals surface area contributed by atoms with Crippen LogP contribution in [-0.4, -0.2) is 4.98 Å². The van der Waals surface area contributed by atoms with Crippen molar-refractivity contribution in [1.29, 1.82) is 0 Å². The number of nitrogens with one attached hydrogen (secondary N) is 1. The van der Waals surface area contributed by atoms with E-state index in [4.69, 9.17) is 21.8 Å². The molecular formula is C10H10ClN3O. The van der Waals surface area contributed by atoms with E-state index in [1.54, 1.807) is 18.5 Å². The zero-order chi connectivity index (χ0) is 10.7. The van der Waals surface area contributed by atoms with E-state index < -0.39 is 0 Å². The van der Waals surface area contributed by atoms with E-state index >= 15 is 0 Å². The summed E-state index contributed by atoms with van der Waals surface area (Å²) in [5.41, 5.74) is 6.24. The molecule has 0 fully saturated rings. The molecule has 2 rings (SSSR count). The van der Waals surface area contributed by atoms with E-state index in [0.717, 1.165) is 5.76 Å². The molecule has 0 atom stereocenters. The second-order valence-corrected chi connectivity index (χ2v) is 3.46. The van der Waals surface area contributed by atoms with Gasteiger partial charge in [-0.15, -0.1) is 0 Å². The minimum absolute atomic E-state index is 0.522. The van der Waals surface area contributed by atoms with Gasteiger partial charge in [0.1, 0.15) is 11.6 Å². The molecule has 3 N–H and O–H groups in total. The van der Waals surface area contributed by atoms with Crippen molar-refractivity contribution in [2.75, 3.05) is 11.1 Å². The van der Waals surface area contributed by atoms with Crippen LogP contribution < -0.4 is 11.1 Å². The first-order valence-electron chi connectivity index (χ1n) is 4.43. The molecule has 0 bridgehead atoms. The maximum atomic E-state index is 5.73. The van der Waals surface area contributed by atoms with Crippen LogP contribution in [-0.2, 0) is 6.54 Å². The Labute approximate surface area is 92.1 Å². The molecule has 0 aliphatic heterocycles. The summed E-state index contributed by atoms with van der Waals surface area (Å²) in [6, 6.07) is 5.35. The fraction of sp³-hybridized carbons (Fsp3) is 0.100. The number of rotatable bonds is 3. The van der Waals surface area contributed by atoms with E-state index in [1.807, 2.05) is 12.1 Å². The topological polar surface area (TPSA) is 64.1 Å². The highest BCUT2D eigenvalue weighted by Gasteiger charge is 2.02. The number of aromatic nitrogens is 1. The van der Waals surface area contributed by atoms with Crippen LogP contribution in [0.2, 0.25) is 5.02 Å². The van der Waals surface area contributed by atoms with Crippen LogP contribution in [0.15, 0.2) is 35.1 Å². The molecule has 2 aromatic rings. The van der Waals surface area contributed by atoms with Crippen LogP contribution in [0.3, 0.4) is 0 Å². The standard InChI is InChI=1S/C10H10ClN3O/c11-7-4-9(12)10(13-5-7)14-6-8-2-1-3-15-8/h1-5H,6,12H2,(H,13,14). The third-order valence-electron chi connectivity index (χ3n) is 1.89. The van der Waals surface area contributed by atoms with Gasteiger partial charge in [-0.3, -0.25) is 0 Å². The van der Waals surface area contributed by atoms with Crippen LogP contribution >= 0.6 is 11.6 Å². The molecule has 0 aromatic carbocycles. The van der Waals surface area contributed by atoms with Crippen LogP contribution in [0.4, 0.5) is 11.5 Å². The number of hydrogen-bond acceptors (Lipinski definition) is 4. The van der Waals surface area contributed by atoms with Gasteiger partial charge < -0.3 is 15.5 Å². The van der Waals surface area contributed by atoms with Crippen LogP contribution in [0.5, 0.6) is 0 Å². The second-order valence-electron chi connectivity index (χ2n) is 3.02. The number of nitrogens with two attached hydrogens (primary N) is 1. The maximum absolute atomic E-state index is 5.73. The highest BCUT2D eigenvalue weighted by Crippen LogP contribution is 2.19. The van der Waals surface area contributed by atoms with Crippen molar-refractivity contribution < 1.29 is 4.42 Å². The molecule has 15 heavy (non-hydrogen) atoms. The van der Waals surface area contributed by atoms with Crippen molar-refractivity contribution in [1.82, 2.24) is 4.98 Å². The molecule has 0 amide bonds. The summed E-state index contributed by atoms with van der Waals surface area (Å²) >= 11 is 5.73. The molecule has 0 spiro atoms. The first kappa shape index (κ1) is 9.86. The fourth-order valence-electron chi connectivity index (χ4n) is 1.19. The number of anilines is 2. The predicted octanol–water partition coefficient (Wildman–Crippen LogP) is 2.52. The van der Waals surface area contributed by atoms with Gasteiger partial charge in [-0.2, -0.15) is 0 Å². The van der Waals surface area contributed by atoms with Crippen molar-refractivity contribution in [3.63, 3.8) is 0 Å². The lowest BCUT2D eigenvalue weighted by Gasteiger charge is -2.06. The van der Waals surface area contributed by atoms with E-state index in [9.17, 15) is 0 Å². The summed E-state index contributed by atoms with van der Waals surface area (Å²) in [6.07, 6.45) is 3.16. The van der Waals surface area contributed by atoms with Gasteiger partial charge in [0.15, 0.2) is 0 Å². The van der Waals surface area contributed by atoms with Gasteiger partial charge in [0.25, 0.3) is 0 Å². The number of hydrogen-bond donors (Lipinski definition) is 2. The van der Waals surface area contributed by atoms with E-state index in [1.165, 1.54) is 0 Å². The molecule has 0 aliphatic carbocycles. The molecule has 5 heteroatoms. The SMILES string of the molecule is Nc1cc(Cl)cnc1NCc1ccco1. The van der Waals surface area contributed by atoms with Crippen molar-refractivity contribution in [3.05, 3.63) is 41.4 Å².